The number of carbonyl (C=O) groups excluding carboxylic acids is 1. The van der Waals surface area contributed by atoms with Gasteiger partial charge in [-0.2, -0.15) is 5.10 Å². The van der Waals surface area contributed by atoms with Gasteiger partial charge in [0.2, 0.25) is 0 Å². The molecule has 0 radical (unpaired) electrons. The van der Waals surface area contributed by atoms with E-state index in [9.17, 15) is 4.79 Å². The summed E-state index contributed by atoms with van der Waals surface area (Å²) in [5, 5.41) is 4.32. The van der Waals surface area contributed by atoms with Gasteiger partial charge in [0.25, 0.3) is 0 Å². The molecule has 1 saturated heterocycles. The van der Waals surface area contributed by atoms with Crippen molar-refractivity contribution in [2.45, 2.75) is 27.2 Å². The molecule has 0 spiro atoms. The van der Waals surface area contributed by atoms with Gasteiger partial charge in [0.15, 0.2) is 6.29 Å². The molecule has 0 aliphatic carbocycles. The topological polar surface area (TPSA) is 38.1 Å². The molecule has 0 aromatic carbocycles. The van der Waals surface area contributed by atoms with E-state index in [1.165, 1.54) is 0 Å². The van der Waals surface area contributed by atoms with Crippen molar-refractivity contribution in [1.29, 1.82) is 0 Å². The Morgan fingerprint density at radius 2 is 2.12 bits per heavy atom. The third kappa shape index (κ3) is 1.72. The van der Waals surface area contributed by atoms with Crippen molar-refractivity contribution in [3.8, 4) is 0 Å². The van der Waals surface area contributed by atoms with E-state index >= 15 is 0 Å². The van der Waals surface area contributed by atoms with Crippen molar-refractivity contribution in [2.75, 3.05) is 18.0 Å². The number of anilines is 1. The van der Waals surface area contributed by atoms with Crippen LogP contribution in [0.25, 0.3) is 0 Å². The Labute approximate surface area is 96.2 Å². The third-order valence-electron chi connectivity index (χ3n) is 3.33. The number of hydrogen-bond donors (Lipinski definition) is 0. The zero-order valence-corrected chi connectivity index (χ0v) is 10.4. The molecule has 0 atom stereocenters. The molecule has 1 aliphatic rings. The number of hydrogen-bond acceptors (Lipinski definition) is 3. The van der Waals surface area contributed by atoms with Crippen LogP contribution in [-0.4, -0.2) is 29.2 Å². The second-order valence-corrected chi connectivity index (χ2v) is 5.40. The number of nitrogens with zero attached hydrogens (tertiary/aromatic N) is 3. The first kappa shape index (κ1) is 11.2. The van der Waals surface area contributed by atoms with Crippen LogP contribution in [0.1, 0.15) is 36.3 Å². The summed E-state index contributed by atoms with van der Waals surface area (Å²) >= 11 is 0. The molecule has 4 nitrogen and oxygen atoms in total. The zero-order chi connectivity index (χ0) is 11.9. The van der Waals surface area contributed by atoms with Crippen LogP contribution in [0.3, 0.4) is 0 Å². The summed E-state index contributed by atoms with van der Waals surface area (Å²) in [7, 11) is 1.90. The first-order valence-electron chi connectivity index (χ1n) is 5.68. The summed E-state index contributed by atoms with van der Waals surface area (Å²) in [5.41, 5.74) is 1.88. The minimum Gasteiger partial charge on any atom is -0.356 e. The van der Waals surface area contributed by atoms with E-state index in [2.05, 4.69) is 23.8 Å². The Morgan fingerprint density at radius 3 is 2.62 bits per heavy atom. The molecule has 16 heavy (non-hydrogen) atoms. The van der Waals surface area contributed by atoms with Crippen molar-refractivity contribution in [1.82, 2.24) is 9.78 Å². The zero-order valence-electron chi connectivity index (χ0n) is 10.4. The smallest absolute Gasteiger partial charge is 0.155 e. The van der Waals surface area contributed by atoms with Gasteiger partial charge in [-0.05, 0) is 18.8 Å². The first-order chi connectivity index (χ1) is 7.44. The highest BCUT2D eigenvalue weighted by molar-refractivity contribution is 5.84. The predicted octanol–water partition coefficient (Wildman–Crippen LogP) is 1.78. The molecule has 0 amide bonds. The molecule has 1 aromatic heterocycles. The van der Waals surface area contributed by atoms with Gasteiger partial charge in [-0.3, -0.25) is 9.48 Å². The molecule has 0 saturated carbocycles. The SMILES string of the molecule is Cc1nn(C)c(N2CCC(C)(C)C2)c1C=O. The van der Waals surface area contributed by atoms with E-state index in [1.54, 1.807) is 0 Å². The van der Waals surface area contributed by atoms with Crippen LogP contribution in [0.15, 0.2) is 0 Å². The number of aryl methyl sites for hydroxylation is 2. The standard InChI is InChI=1S/C12H19N3O/c1-9-10(7-16)11(14(4)13-9)15-6-5-12(2,3)8-15/h7H,5-6,8H2,1-4H3. The Bertz CT molecular complexity index is 420. The molecular weight excluding hydrogens is 202 g/mol. The van der Waals surface area contributed by atoms with E-state index in [1.807, 2.05) is 18.7 Å². The lowest BCUT2D eigenvalue weighted by Gasteiger charge is -2.21. The van der Waals surface area contributed by atoms with Crippen LogP contribution >= 0.6 is 0 Å². The quantitative estimate of drug-likeness (QED) is 0.714. The molecule has 1 fully saturated rings. The first-order valence-corrected chi connectivity index (χ1v) is 5.68. The van der Waals surface area contributed by atoms with Gasteiger partial charge < -0.3 is 4.90 Å². The summed E-state index contributed by atoms with van der Waals surface area (Å²) in [5.74, 6) is 0.970. The second kappa shape index (κ2) is 3.61. The molecule has 2 heterocycles. The Hall–Kier alpha value is -1.32. The van der Waals surface area contributed by atoms with Crippen LogP contribution < -0.4 is 4.90 Å². The van der Waals surface area contributed by atoms with Crippen molar-refractivity contribution in [2.24, 2.45) is 12.5 Å². The fraction of sp³-hybridized carbons (Fsp3) is 0.667. The van der Waals surface area contributed by atoms with Gasteiger partial charge in [0, 0.05) is 20.1 Å². The lowest BCUT2D eigenvalue weighted by molar-refractivity contribution is 0.112. The third-order valence-corrected chi connectivity index (χ3v) is 3.33. The summed E-state index contributed by atoms with van der Waals surface area (Å²) in [6, 6.07) is 0. The molecule has 1 aliphatic heterocycles. The Kier molecular flexibility index (Phi) is 2.52. The molecule has 0 N–H and O–H groups in total. The average Bonchev–Trinajstić information content (AvgIpc) is 2.66. The molecule has 1 aromatic rings. The number of aldehydes is 1. The average molecular weight is 221 g/mol. The number of aromatic nitrogens is 2. The highest BCUT2D eigenvalue weighted by Gasteiger charge is 2.32. The van der Waals surface area contributed by atoms with Gasteiger partial charge in [-0.25, -0.2) is 0 Å². The van der Waals surface area contributed by atoms with Gasteiger partial charge in [0.1, 0.15) is 5.82 Å². The summed E-state index contributed by atoms with van der Waals surface area (Å²) in [6.45, 7) is 8.40. The number of rotatable bonds is 2. The maximum Gasteiger partial charge on any atom is 0.155 e. The fourth-order valence-electron chi connectivity index (χ4n) is 2.47. The normalized spacial score (nSPS) is 19.1. The van der Waals surface area contributed by atoms with Gasteiger partial charge in [-0.15, -0.1) is 0 Å². The minimum absolute atomic E-state index is 0.332. The molecule has 88 valence electrons. The molecule has 0 bridgehead atoms. The monoisotopic (exact) mass is 221 g/mol. The lowest BCUT2D eigenvalue weighted by Crippen LogP contribution is -2.25. The van der Waals surface area contributed by atoms with Crippen LogP contribution in [0.5, 0.6) is 0 Å². The maximum atomic E-state index is 11.1. The van der Waals surface area contributed by atoms with Crippen LogP contribution in [0, 0.1) is 12.3 Å². The second-order valence-electron chi connectivity index (χ2n) is 5.40. The van der Waals surface area contributed by atoms with E-state index in [0.717, 1.165) is 42.9 Å². The molecule has 2 rings (SSSR count). The van der Waals surface area contributed by atoms with Crippen LogP contribution in [-0.2, 0) is 7.05 Å². The summed E-state index contributed by atoms with van der Waals surface area (Å²) in [6.07, 6.45) is 2.08. The highest BCUT2D eigenvalue weighted by atomic mass is 16.1. The van der Waals surface area contributed by atoms with E-state index in [4.69, 9.17) is 0 Å². The van der Waals surface area contributed by atoms with Crippen molar-refractivity contribution >= 4 is 12.1 Å². The van der Waals surface area contributed by atoms with E-state index in [-0.39, 0.29) is 0 Å². The lowest BCUT2D eigenvalue weighted by atomic mass is 9.93. The van der Waals surface area contributed by atoms with Crippen molar-refractivity contribution in [3.05, 3.63) is 11.3 Å². The summed E-state index contributed by atoms with van der Waals surface area (Å²) < 4.78 is 1.82. The van der Waals surface area contributed by atoms with Gasteiger partial charge in [-0.1, -0.05) is 13.8 Å². The van der Waals surface area contributed by atoms with Crippen LogP contribution in [0.2, 0.25) is 0 Å². The van der Waals surface area contributed by atoms with Gasteiger partial charge >= 0.3 is 0 Å². The van der Waals surface area contributed by atoms with E-state index < -0.39 is 0 Å². The van der Waals surface area contributed by atoms with Crippen molar-refractivity contribution in [3.63, 3.8) is 0 Å². The minimum atomic E-state index is 0.332. The highest BCUT2D eigenvalue weighted by Crippen LogP contribution is 2.34. The van der Waals surface area contributed by atoms with Crippen molar-refractivity contribution < 1.29 is 4.79 Å². The predicted molar refractivity (Wildman–Crippen MR) is 63.9 cm³/mol. The Morgan fingerprint density at radius 1 is 1.44 bits per heavy atom. The van der Waals surface area contributed by atoms with E-state index in [0.29, 0.717) is 5.41 Å². The summed E-state index contributed by atoms with van der Waals surface area (Å²) in [4.78, 5) is 13.4. The van der Waals surface area contributed by atoms with Crippen LogP contribution in [0.4, 0.5) is 5.82 Å². The largest absolute Gasteiger partial charge is 0.356 e. The molecular formula is C12H19N3O. The molecule has 4 heteroatoms. The molecule has 0 unspecified atom stereocenters. The fourth-order valence-corrected chi connectivity index (χ4v) is 2.47. The maximum absolute atomic E-state index is 11.1. The number of carbonyl (C=O) groups is 1. The Balaban J connectivity index is 2.38. The van der Waals surface area contributed by atoms with Gasteiger partial charge in [0.05, 0.1) is 11.3 Å².